The molecule has 3 heteroatoms. The Morgan fingerprint density at radius 2 is 2.15 bits per heavy atom. The van der Waals surface area contributed by atoms with Crippen LogP contribution in [0.5, 0.6) is 0 Å². The maximum Gasteiger partial charge on any atom is 0.102 e. The Labute approximate surface area is 77.8 Å². The summed E-state index contributed by atoms with van der Waals surface area (Å²) in [4.78, 5) is 1.86. The molecule has 0 spiro atoms. The zero-order chi connectivity index (χ0) is 9.84. The third-order valence-electron chi connectivity index (χ3n) is 1.89. The van der Waals surface area contributed by atoms with Gasteiger partial charge >= 0.3 is 0 Å². The fourth-order valence-electron chi connectivity index (χ4n) is 1.22. The van der Waals surface area contributed by atoms with Gasteiger partial charge in [0.2, 0.25) is 0 Å². The average Bonchev–Trinajstić information content (AvgIpc) is 2.16. The summed E-state index contributed by atoms with van der Waals surface area (Å²) >= 11 is 0. The molecule has 0 saturated carbocycles. The normalized spacial score (nSPS) is 9.38. The quantitative estimate of drug-likeness (QED) is 0.734. The van der Waals surface area contributed by atoms with Crippen molar-refractivity contribution in [1.82, 2.24) is 0 Å². The Hall–Kier alpha value is -1.53. The highest BCUT2D eigenvalue weighted by Crippen LogP contribution is 2.21. The molecule has 0 heterocycles. The van der Waals surface area contributed by atoms with Crippen LogP contribution in [0.4, 0.5) is 5.69 Å². The monoisotopic (exact) mass is 176 g/mol. The molecule has 0 unspecified atom stereocenters. The summed E-state index contributed by atoms with van der Waals surface area (Å²) in [7, 11) is 3.74. The van der Waals surface area contributed by atoms with Crippen molar-refractivity contribution >= 4 is 5.69 Å². The zero-order valence-corrected chi connectivity index (χ0v) is 7.78. The molecule has 3 nitrogen and oxygen atoms in total. The molecule has 1 rings (SSSR count). The minimum Gasteiger partial charge on any atom is -0.392 e. The lowest BCUT2D eigenvalue weighted by atomic mass is 10.1. The number of hydrogen-bond acceptors (Lipinski definition) is 3. The second-order valence-electron chi connectivity index (χ2n) is 2.98. The Balaban J connectivity index is 3.29. The van der Waals surface area contributed by atoms with Crippen molar-refractivity contribution in [2.24, 2.45) is 0 Å². The number of anilines is 1. The maximum atomic E-state index is 8.99. The lowest BCUT2D eigenvalue weighted by molar-refractivity contribution is 0.281. The highest BCUT2D eigenvalue weighted by Gasteiger charge is 2.07. The second kappa shape index (κ2) is 3.92. The Kier molecular flexibility index (Phi) is 2.88. The minimum atomic E-state index is -0.0927. The van der Waals surface area contributed by atoms with Gasteiger partial charge in [0.1, 0.15) is 6.07 Å². The molecule has 0 aromatic heterocycles. The van der Waals surface area contributed by atoms with Gasteiger partial charge in [-0.25, -0.2) is 0 Å². The molecule has 0 radical (unpaired) electrons. The first-order valence-corrected chi connectivity index (χ1v) is 4.01. The second-order valence-corrected chi connectivity index (χ2v) is 2.98. The first kappa shape index (κ1) is 9.56. The van der Waals surface area contributed by atoms with E-state index in [1.807, 2.05) is 31.1 Å². The van der Waals surface area contributed by atoms with Crippen LogP contribution in [0.1, 0.15) is 11.1 Å². The van der Waals surface area contributed by atoms with Crippen LogP contribution >= 0.6 is 0 Å². The fourth-order valence-corrected chi connectivity index (χ4v) is 1.22. The fraction of sp³-hybridized carbons (Fsp3) is 0.300. The Morgan fingerprint density at radius 1 is 1.46 bits per heavy atom. The van der Waals surface area contributed by atoms with Crippen molar-refractivity contribution in [3.05, 3.63) is 29.3 Å². The van der Waals surface area contributed by atoms with Crippen molar-refractivity contribution in [2.75, 3.05) is 19.0 Å². The van der Waals surface area contributed by atoms with E-state index < -0.39 is 0 Å². The van der Waals surface area contributed by atoms with Gasteiger partial charge in [-0.05, 0) is 11.6 Å². The van der Waals surface area contributed by atoms with E-state index in [1.165, 1.54) is 0 Å². The molecule has 0 saturated heterocycles. The highest BCUT2D eigenvalue weighted by atomic mass is 16.3. The van der Waals surface area contributed by atoms with E-state index >= 15 is 0 Å². The molecule has 0 atom stereocenters. The largest absolute Gasteiger partial charge is 0.392 e. The van der Waals surface area contributed by atoms with Crippen LogP contribution in [0.25, 0.3) is 0 Å². The van der Waals surface area contributed by atoms with Gasteiger partial charge in [0.25, 0.3) is 0 Å². The van der Waals surface area contributed by atoms with E-state index in [9.17, 15) is 0 Å². The summed E-state index contributed by atoms with van der Waals surface area (Å²) in [5.41, 5.74) is 2.07. The molecule has 68 valence electrons. The first-order chi connectivity index (χ1) is 6.20. The van der Waals surface area contributed by atoms with E-state index in [-0.39, 0.29) is 6.61 Å². The molecule has 0 amide bonds. The third kappa shape index (κ3) is 1.79. The van der Waals surface area contributed by atoms with Gasteiger partial charge < -0.3 is 10.0 Å². The lowest BCUT2D eigenvalue weighted by Gasteiger charge is -2.15. The van der Waals surface area contributed by atoms with Gasteiger partial charge in [-0.3, -0.25) is 0 Å². The summed E-state index contributed by atoms with van der Waals surface area (Å²) in [6.07, 6.45) is 0. The van der Waals surface area contributed by atoms with Crippen molar-refractivity contribution < 1.29 is 5.11 Å². The minimum absolute atomic E-state index is 0.0927. The van der Waals surface area contributed by atoms with Crippen LogP contribution in [-0.2, 0) is 6.61 Å². The number of nitrogens with zero attached hydrogens (tertiary/aromatic N) is 2. The number of aliphatic hydroxyl groups excluding tert-OH is 1. The van der Waals surface area contributed by atoms with Gasteiger partial charge in [-0.15, -0.1) is 0 Å². The van der Waals surface area contributed by atoms with Crippen LogP contribution < -0.4 is 4.90 Å². The van der Waals surface area contributed by atoms with Crippen molar-refractivity contribution in [3.8, 4) is 6.07 Å². The summed E-state index contributed by atoms with van der Waals surface area (Å²) in [6.45, 7) is -0.0927. The van der Waals surface area contributed by atoms with Gasteiger partial charge in [-0.1, -0.05) is 12.1 Å². The predicted octanol–water partition coefficient (Wildman–Crippen LogP) is 1.12. The van der Waals surface area contributed by atoms with E-state index in [4.69, 9.17) is 10.4 Å². The molecular weight excluding hydrogens is 164 g/mol. The van der Waals surface area contributed by atoms with E-state index in [2.05, 4.69) is 6.07 Å². The number of hydrogen-bond donors (Lipinski definition) is 1. The van der Waals surface area contributed by atoms with Gasteiger partial charge in [0.05, 0.1) is 17.9 Å². The molecule has 0 bridgehead atoms. The third-order valence-corrected chi connectivity index (χ3v) is 1.89. The Morgan fingerprint density at radius 3 is 2.62 bits per heavy atom. The van der Waals surface area contributed by atoms with Gasteiger partial charge in [0.15, 0.2) is 0 Å². The first-order valence-electron chi connectivity index (χ1n) is 4.01. The summed E-state index contributed by atoms with van der Waals surface area (Å²) < 4.78 is 0. The van der Waals surface area contributed by atoms with Crippen molar-refractivity contribution in [2.45, 2.75) is 6.61 Å². The summed E-state index contributed by atoms with van der Waals surface area (Å²) in [5, 5.41) is 17.9. The van der Waals surface area contributed by atoms with E-state index in [0.29, 0.717) is 11.1 Å². The van der Waals surface area contributed by atoms with Crippen LogP contribution in [0.3, 0.4) is 0 Å². The van der Waals surface area contributed by atoms with Crippen molar-refractivity contribution in [3.63, 3.8) is 0 Å². The number of rotatable bonds is 2. The summed E-state index contributed by atoms with van der Waals surface area (Å²) in [6, 6.07) is 7.54. The van der Waals surface area contributed by atoms with Crippen LogP contribution in [0.15, 0.2) is 18.2 Å². The molecule has 0 fully saturated rings. The van der Waals surface area contributed by atoms with Crippen LogP contribution in [0.2, 0.25) is 0 Å². The number of aliphatic hydroxyl groups is 1. The van der Waals surface area contributed by atoms with Crippen LogP contribution in [0, 0.1) is 11.3 Å². The molecule has 0 aliphatic heterocycles. The van der Waals surface area contributed by atoms with E-state index in [1.54, 1.807) is 6.07 Å². The van der Waals surface area contributed by atoms with Gasteiger partial charge in [0, 0.05) is 14.1 Å². The van der Waals surface area contributed by atoms with Gasteiger partial charge in [-0.2, -0.15) is 5.26 Å². The van der Waals surface area contributed by atoms with Crippen molar-refractivity contribution in [1.29, 1.82) is 5.26 Å². The van der Waals surface area contributed by atoms with Crippen LogP contribution in [-0.4, -0.2) is 19.2 Å². The molecule has 1 N–H and O–H groups in total. The van der Waals surface area contributed by atoms with E-state index in [0.717, 1.165) is 5.69 Å². The predicted molar refractivity (Wildman–Crippen MR) is 51.4 cm³/mol. The molecule has 1 aromatic carbocycles. The topological polar surface area (TPSA) is 47.3 Å². The maximum absolute atomic E-state index is 8.99. The smallest absolute Gasteiger partial charge is 0.102 e. The molecule has 0 aliphatic rings. The zero-order valence-electron chi connectivity index (χ0n) is 7.78. The number of nitriles is 1. The number of benzene rings is 1. The molecule has 0 aliphatic carbocycles. The summed E-state index contributed by atoms with van der Waals surface area (Å²) in [5.74, 6) is 0. The Bertz CT molecular complexity index is 339. The molecule has 13 heavy (non-hydrogen) atoms. The highest BCUT2D eigenvalue weighted by molar-refractivity contribution is 5.61. The molecular formula is C10H12N2O. The lowest BCUT2D eigenvalue weighted by Crippen LogP contribution is -2.11. The molecule has 1 aromatic rings. The standard InChI is InChI=1S/C10H12N2O/c1-12(2)10-5-3-4-8(7-13)9(10)6-11/h3-5,13H,7H2,1-2H3. The average molecular weight is 176 g/mol. The SMILES string of the molecule is CN(C)c1cccc(CO)c1C#N.